The summed E-state index contributed by atoms with van der Waals surface area (Å²) in [5.41, 5.74) is -1.64. The number of rotatable bonds is 4. The summed E-state index contributed by atoms with van der Waals surface area (Å²) in [6.07, 6.45) is -2.93. The molecule has 0 bridgehead atoms. The maximum Gasteiger partial charge on any atom is 0.471 e. The second-order valence-electron chi connectivity index (χ2n) is 6.37. The van der Waals surface area contributed by atoms with Crippen LogP contribution in [-0.2, 0) is 16.0 Å². The molecule has 1 aliphatic heterocycles. The number of piperidine rings is 1. The molecule has 11 heteroatoms. The number of tetrazole rings is 1. The zero-order chi connectivity index (χ0) is 18.0. The summed E-state index contributed by atoms with van der Waals surface area (Å²) >= 11 is 0. The number of carbonyl (C=O) groups excluding carboxylic acids is 2. The third-order valence-corrected chi connectivity index (χ3v) is 3.88. The molecule has 1 unspecified atom stereocenters. The SMILES string of the molecule is CC(C)(NC(=O)C(F)(F)F)C(=O)N1CCCC(Cc2nn[nH]n2)C1. The average Bonchev–Trinajstić information content (AvgIpc) is 2.98. The highest BCUT2D eigenvalue weighted by Crippen LogP contribution is 2.23. The van der Waals surface area contributed by atoms with Crippen LogP contribution in [0.5, 0.6) is 0 Å². The number of halogens is 3. The number of H-pyrrole nitrogens is 1. The molecule has 1 fully saturated rings. The fraction of sp³-hybridized carbons (Fsp3) is 0.769. The topological polar surface area (TPSA) is 104 Å². The first kappa shape index (κ1) is 18.1. The van der Waals surface area contributed by atoms with Crippen molar-refractivity contribution in [3.05, 3.63) is 5.82 Å². The van der Waals surface area contributed by atoms with Crippen LogP contribution in [0.25, 0.3) is 0 Å². The molecule has 1 saturated heterocycles. The highest BCUT2D eigenvalue weighted by molar-refractivity contribution is 5.92. The monoisotopic (exact) mass is 348 g/mol. The Morgan fingerprint density at radius 3 is 2.67 bits per heavy atom. The zero-order valence-electron chi connectivity index (χ0n) is 13.4. The Hall–Kier alpha value is -2.20. The predicted molar refractivity (Wildman–Crippen MR) is 75.5 cm³/mol. The molecule has 1 aromatic heterocycles. The second-order valence-corrected chi connectivity index (χ2v) is 6.37. The van der Waals surface area contributed by atoms with Crippen molar-refractivity contribution in [1.29, 1.82) is 0 Å². The van der Waals surface area contributed by atoms with E-state index in [0.717, 1.165) is 12.8 Å². The van der Waals surface area contributed by atoms with Crippen molar-refractivity contribution >= 4 is 11.8 Å². The lowest BCUT2D eigenvalue weighted by molar-refractivity contribution is -0.176. The van der Waals surface area contributed by atoms with E-state index in [-0.39, 0.29) is 5.92 Å². The lowest BCUT2D eigenvalue weighted by Gasteiger charge is -2.37. The van der Waals surface area contributed by atoms with Gasteiger partial charge in [-0.15, -0.1) is 10.2 Å². The molecule has 1 aromatic rings. The molecule has 0 radical (unpaired) electrons. The van der Waals surface area contributed by atoms with Crippen LogP contribution in [0.2, 0.25) is 0 Å². The van der Waals surface area contributed by atoms with Gasteiger partial charge in [-0.05, 0) is 32.6 Å². The molecule has 1 atom stereocenters. The third kappa shape index (κ3) is 4.42. The molecule has 8 nitrogen and oxygen atoms in total. The van der Waals surface area contributed by atoms with Crippen LogP contribution in [0.4, 0.5) is 13.2 Å². The molecule has 24 heavy (non-hydrogen) atoms. The zero-order valence-corrected chi connectivity index (χ0v) is 13.4. The van der Waals surface area contributed by atoms with Gasteiger partial charge < -0.3 is 10.2 Å². The van der Waals surface area contributed by atoms with Gasteiger partial charge in [0.2, 0.25) is 5.91 Å². The number of nitrogens with one attached hydrogen (secondary N) is 2. The van der Waals surface area contributed by atoms with Gasteiger partial charge in [0.1, 0.15) is 5.54 Å². The molecule has 2 N–H and O–H groups in total. The van der Waals surface area contributed by atoms with Gasteiger partial charge in [0, 0.05) is 19.5 Å². The van der Waals surface area contributed by atoms with Crippen LogP contribution in [0.1, 0.15) is 32.5 Å². The highest BCUT2D eigenvalue weighted by atomic mass is 19.4. The fourth-order valence-electron chi connectivity index (χ4n) is 2.75. The Balaban J connectivity index is 1.98. The van der Waals surface area contributed by atoms with Crippen molar-refractivity contribution in [2.75, 3.05) is 13.1 Å². The van der Waals surface area contributed by atoms with Crippen molar-refractivity contribution in [3.63, 3.8) is 0 Å². The molecule has 2 heterocycles. The third-order valence-electron chi connectivity index (χ3n) is 3.88. The Kier molecular flexibility index (Phi) is 5.09. The van der Waals surface area contributed by atoms with Crippen LogP contribution < -0.4 is 5.32 Å². The van der Waals surface area contributed by atoms with E-state index < -0.39 is 23.5 Å². The number of aromatic nitrogens is 4. The van der Waals surface area contributed by atoms with E-state index in [1.54, 1.807) is 5.32 Å². The van der Waals surface area contributed by atoms with E-state index >= 15 is 0 Å². The van der Waals surface area contributed by atoms with Gasteiger partial charge in [-0.25, -0.2) is 0 Å². The standard InChI is InChI=1S/C13H19F3N6O2/c1-12(2,17-10(23)13(14,15)16)11(24)22-5-3-4-8(7-22)6-9-18-20-21-19-9/h8H,3-7H2,1-2H3,(H,17,23)(H,18,19,20,21). The van der Waals surface area contributed by atoms with E-state index in [4.69, 9.17) is 0 Å². The van der Waals surface area contributed by atoms with Crippen molar-refractivity contribution in [3.8, 4) is 0 Å². The van der Waals surface area contributed by atoms with E-state index in [1.165, 1.54) is 18.7 Å². The summed E-state index contributed by atoms with van der Waals surface area (Å²) in [7, 11) is 0. The van der Waals surface area contributed by atoms with Crippen LogP contribution in [0.15, 0.2) is 0 Å². The first-order chi connectivity index (χ1) is 11.1. The molecule has 0 spiro atoms. The number of amides is 2. The van der Waals surface area contributed by atoms with Crippen molar-refractivity contribution < 1.29 is 22.8 Å². The maximum atomic E-state index is 12.5. The van der Waals surface area contributed by atoms with E-state index in [1.807, 2.05) is 0 Å². The summed E-state index contributed by atoms with van der Waals surface area (Å²) in [4.78, 5) is 25.1. The van der Waals surface area contributed by atoms with E-state index in [9.17, 15) is 22.8 Å². The minimum Gasteiger partial charge on any atom is -0.340 e. The Morgan fingerprint density at radius 1 is 1.38 bits per heavy atom. The van der Waals surface area contributed by atoms with Gasteiger partial charge in [0.05, 0.1) is 0 Å². The number of hydrogen-bond donors (Lipinski definition) is 2. The first-order valence-electron chi connectivity index (χ1n) is 7.50. The normalized spacial score (nSPS) is 19.2. The molecular weight excluding hydrogens is 329 g/mol. The molecule has 134 valence electrons. The summed E-state index contributed by atoms with van der Waals surface area (Å²) in [6.45, 7) is 3.34. The maximum absolute atomic E-state index is 12.5. The van der Waals surface area contributed by atoms with Crippen LogP contribution >= 0.6 is 0 Å². The van der Waals surface area contributed by atoms with Crippen LogP contribution in [-0.4, -0.2) is 62.1 Å². The number of hydrogen-bond acceptors (Lipinski definition) is 5. The fourth-order valence-corrected chi connectivity index (χ4v) is 2.75. The van der Waals surface area contributed by atoms with Crippen LogP contribution in [0, 0.1) is 5.92 Å². The molecule has 2 rings (SSSR count). The Morgan fingerprint density at radius 2 is 2.08 bits per heavy atom. The lowest BCUT2D eigenvalue weighted by atomic mass is 9.92. The predicted octanol–water partition coefficient (Wildman–Crippen LogP) is 0.438. The van der Waals surface area contributed by atoms with Crippen LogP contribution in [0.3, 0.4) is 0 Å². The van der Waals surface area contributed by atoms with Gasteiger partial charge >= 0.3 is 12.1 Å². The number of likely N-dealkylation sites (tertiary alicyclic amines) is 1. The summed E-state index contributed by atoms with van der Waals surface area (Å²) in [5.74, 6) is -2.05. The summed E-state index contributed by atoms with van der Waals surface area (Å²) in [6, 6.07) is 0. The average molecular weight is 348 g/mol. The van der Waals surface area contributed by atoms with Crippen molar-refractivity contribution in [2.24, 2.45) is 5.92 Å². The lowest BCUT2D eigenvalue weighted by Crippen LogP contribution is -2.59. The Bertz CT molecular complexity index is 587. The second kappa shape index (κ2) is 6.73. The van der Waals surface area contributed by atoms with Gasteiger partial charge in [-0.1, -0.05) is 5.21 Å². The summed E-state index contributed by atoms with van der Waals surface area (Å²) < 4.78 is 37.2. The smallest absolute Gasteiger partial charge is 0.340 e. The minimum atomic E-state index is -5.03. The molecule has 0 aromatic carbocycles. The van der Waals surface area contributed by atoms with Crippen molar-refractivity contribution in [1.82, 2.24) is 30.8 Å². The number of carbonyl (C=O) groups is 2. The minimum absolute atomic E-state index is 0.0921. The number of nitrogens with zero attached hydrogens (tertiary/aromatic N) is 4. The molecule has 1 aliphatic rings. The largest absolute Gasteiger partial charge is 0.471 e. The number of alkyl halides is 3. The molecule has 0 saturated carbocycles. The first-order valence-corrected chi connectivity index (χ1v) is 7.50. The van der Waals surface area contributed by atoms with Gasteiger partial charge in [-0.3, -0.25) is 9.59 Å². The van der Waals surface area contributed by atoms with E-state index in [0.29, 0.717) is 25.3 Å². The van der Waals surface area contributed by atoms with Gasteiger partial charge in [0.25, 0.3) is 0 Å². The molecular formula is C13H19F3N6O2. The summed E-state index contributed by atoms with van der Waals surface area (Å²) in [5, 5.41) is 15.3. The number of aromatic amines is 1. The van der Waals surface area contributed by atoms with Gasteiger partial charge in [0.15, 0.2) is 5.82 Å². The van der Waals surface area contributed by atoms with Gasteiger partial charge in [-0.2, -0.15) is 18.4 Å². The van der Waals surface area contributed by atoms with E-state index in [2.05, 4.69) is 20.6 Å². The molecule has 0 aliphatic carbocycles. The quantitative estimate of drug-likeness (QED) is 0.822. The Labute approximate surface area is 136 Å². The van der Waals surface area contributed by atoms with Crippen molar-refractivity contribution in [2.45, 2.75) is 44.8 Å². The molecule has 2 amide bonds. The highest BCUT2D eigenvalue weighted by Gasteiger charge is 2.44.